The van der Waals surface area contributed by atoms with Crippen molar-refractivity contribution in [3.63, 3.8) is 0 Å². The van der Waals surface area contributed by atoms with Gasteiger partial charge in [0, 0.05) is 139 Å². The first kappa shape index (κ1) is 88.0. The lowest BCUT2D eigenvalue weighted by Crippen LogP contribution is -2.59. The van der Waals surface area contributed by atoms with Gasteiger partial charge in [0.05, 0.1) is 24.0 Å². The van der Waals surface area contributed by atoms with Crippen LogP contribution in [0.2, 0.25) is 0 Å². The van der Waals surface area contributed by atoms with E-state index in [1.54, 1.807) is 79.3 Å². The number of anilines is 3. The highest BCUT2D eigenvalue weighted by atomic mass is 16.2. The Hall–Kier alpha value is -15.8. The Kier molecular flexibility index (Phi) is 30.8. The number of aromatic amines is 4. The maximum atomic E-state index is 14.8. The van der Waals surface area contributed by atoms with Crippen LogP contribution in [0.3, 0.4) is 0 Å². The average molecular weight is 1670 g/mol. The van der Waals surface area contributed by atoms with Gasteiger partial charge in [0.1, 0.15) is 48.3 Å². The zero-order valence-electron chi connectivity index (χ0n) is 66.9. The minimum absolute atomic E-state index is 0.00684. The molecule has 4 aromatic heterocycles. The third kappa shape index (κ3) is 26.1. The lowest BCUT2D eigenvalue weighted by atomic mass is 10.0. The van der Waals surface area contributed by atoms with Gasteiger partial charge >= 0.3 is 0 Å². The molecule has 0 aliphatic heterocycles. The summed E-state index contributed by atoms with van der Waals surface area (Å²) in [5, 5.41) is 52.9. The molecule has 12 amide bonds. The molecule has 0 unspecified atom stereocenters. The predicted molar refractivity (Wildman–Crippen MR) is 461 cm³/mol. The maximum Gasteiger partial charge on any atom is 0.255 e. The first-order valence-corrected chi connectivity index (χ1v) is 39.6. The largest absolute Gasteiger partial charge is 0.370 e. The summed E-state index contributed by atoms with van der Waals surface area (Å²) in [6.45, 7) is 1.54. The molecule has 0 aliphatic rings. The van der Waals surface area contributed by atoms with Crippen LogP contribution in [0, 0.1) is 10.8 Å². The zero-order chi connectivity index (χ0) is 87.3. The van der Waals surface area contributed by atoms with Gasteiger partial charge in [-0.15, -0.1) is 0 Å². The molecule has 0 saturated carbocycles. The smallest absolute Gasteiger partial charge is 0.255 e. The Morgan fingerprint density at radius 1 is 0.350 bits per heavy atom. The number of para-hydroxylation sites is 2. The number of aromatic nitrogens is 6. The molecule has 636 valence electrons. The number of benzene rings is 7. The van der Waals surface area contributed by atoms with E-state index in [0.717, 1.165) is 21.8 Å². The molecule has 4 heterocycles. The monoisotopic (exact) mass is 1670 g/mol. The molecule has 0 spiro atoms. The van der Waals surface area contributed by atoms with Crippen molar-refractivity contribution in [2.75, 3.05) is 29.0 Å². The van der Waals surface area contributed by atoms with E-state index in [-0.39, 0.29) is 112 Å². The second-order valence-electron chi connectivity index (χ2n) is 29.2. The van der Waals surface area contributed by atoms with Crippen molar-refractivity contribution in [3.05, 3.63) is 270 Å². The standard InChI is InChI=1S/C87H96N24O12/c1-50(112)101-73(42-61-46-93-48-99-61)84(122)109-70(38-51-14-4-2-5-15-51)82(120)106-68(23-13-37-96-87(91)92)80(118)111-72(41-57-45-98-66-21-11-9-19-64(57)66)81(119)104-60-34-26-54(27-35-60)77(115)102-58-30-24-53(25-31-58)76(114)103-59-32-28-55(29-33-59)78(116)108-74(43-62-47-94-49-100-62)85(123)110-71(39-52-16-6-3-7-17-52)83(121)105-67(22-12-36-95-86(89)90)79(117)107-69(75(88)113)40-56-44-97-65-20-10-8-18-63(56)65/h2-11,14-21,24-35,44-49,67-74,97-98H,12-13,22-23,36-43H2,1H3,(H2,88,113)(H,93,99)(H,94,100)(H,101,112)(H,102,115)(H,103,114)(H,104,119)(H,105,121)(H,106,120)(H,107,117)(H,108,116)(H,109,122)(H,110,123)(H,111,118)(H4,89,90,95)(H4,91,92,96)/t67-,68-,69-,70+,71+,72-,73-,74-/m0/s1. The van der Waals surface area contributed by atoms with Crippen molar-refractivity contribution >= 4 is 122 Å². The summed E-state index contributed by atoms with van der Waals surface area (Å²) < 4.78 is 0. The van der Waals surface area contributed by atoms with Crippen LogP contribution < -0.4 is 86.3 Å². The van der Waals surface area contributed by atoms with Gasteiger partial charge in [-0.25, -0.2) is 9.97 Å². The summed E-state index contributed by atoms with van der Waals surface area (Å²) in [6.07, 6.45) is 9.49. The number of guanidine groups is 2. The Bertz CT molecular complexity index is 5530. The number of nitrogens with zero attached hydrogens (tertiary/aromatic N) is 2. The van der Waals surface area contributed by atoms with E-state index in [1.165, 1.54) is 98.6 Å². The van der Waals surface area contributed by atoms with Gasteiger partial charge < -0.3 is 106 Å². The van der Waals surface area contributed by atoms with Crippen molar-refractivity contribution in [2.45, 2.75) is 119 Å². The third-order valence-electron chi connectivity index (χ3n) is 20.0. The minimum Gasteiger partial charge on any atom is -0.370 e. The number of nitrogens with two attached hydrogens (primary N) is 3. The number of fused-ring (bicyclic) bond motifs is 2. The number of hydrogen-bond acceptors (Lipinski definition) is 16. The summed E-state index contributed by atoms with van der Waals surface area (Å²) in [4.78, 5) is 189. The molecule has 0 saturated heterocycles. The molecule has 123 heavy (non-hydrogen) atoms. The molecular weight excluding hydrogens is 1570 g/mol. The fraction of sp³-hybridized carbons (Fsp3) is 0.241. The molecule has 0 aliphatic carbocycles. The molecule has 8 atom stereocenters. The van der Waals surface area contributed by atoms with Crippen LogP contribution in [0.4, 0.5) is 17.1 Å². The summed E-state index contributed by atoms with van der Waals surface area (Å²) in [6, 6.07) is 39.9. The number of primary amides is 1. The summed E-state index contributed by atoms with van der Waals surface area (Å²) in [5.41, 5.74) is 23.4. The van der Waals surface area contributed by atoms with Gasteiger partial charge in [-0.3, -0.25) is 68.4 Å². The number of rotatable bonds is 42. The quantitative estimate of drug-likeness (QED) is 0.0148. The van der Waals surface area contributed by atoms with Crippen LogP contribution in [0.25, 0.3) is 21.8 Å². The average Bonchev–Trinajstić information content (AvgIpc) is 1.72. The molecular formula is C87H96N24O12. The number of amides is 12. The van der Waals surface area contributed by atoms with Crippen molar-refractivity contribution in [1.82, 2.24) is 83.1 Å². The summed E-state index contributed by atoms with van der Waals surface area (Å²) in [5.74, 6) is -8.93. The third-order valence-corrected chi connectivity index (χ3v) is 20.0. The second-order valence-corrected chi connectivity index (χ2v) is 29.2. The van der Waals surface area contributed by atoms with Gasteiger partial charge in [-0.1, -0.05) is 97.1 Å². The lowest BCUT2D eigenvalue weighted by molar-refractivity contribution is -0.134. The lowest BCUT2D eigenvalue weighted by Gasteiger charge is -2.27. The molecule has 0 fully saturated rings. The van der Waals surface area contributed by atoms with Crippen LogP contribution in [0.1, 0.15) is 97.3 Å². The first-order chi connectivity index (χ1) is 59.3. The number of carbonyl (C=O) groups is 12. The molecule has 36 heteroatoms. The number of nitrogens with one attached hydrogen (secondary N) is 19. The van der Waals surface area contributed by atoms with E-state index in [0.29, 0.717) is 45.0 Å². The first-order valence-electron chi connectivity index (χ1n) is 39.6. The van der Waals surface area contributed by atoms with E-state index in [1.807, 2.05) is 48.5 Å². The van der Waals surface area contributed by atoms with Crippen molar-refractivity contribution < 1.29 is 57.5 Å². The minimum atomic E-state index is -1.35. The summed E-state index contributed by atoms with van der Waals surface area (Å²) in [7, 11) is 0. The van der Waals surface area contributed by atoms with E-state index in [2.05, 4.69) is 99.0 Å². The van der Waals surface area contributed by atoms with E-state index in [9.17, 15) is 57.5 Å². The van der Waals surface area contributed by atoms with Gasteiger partial charge in [-0.2, -0.15) is 0 Å². The van der Waals surface area contributed by atoms with Crippen LogP contribution in [-0.2, 0) is 81.7 Å². The van der Waals surface area contributed by atoms with E-state index >= 15 is 0 Å². The molecule has 0 bridgehead atoms. The van der Waals surface area contributed by atoms with Gasteiger partial charge in [-0.05, 0) is 133 Å². The maximum absolute atomic E-state index is 14.8. The molecule has 36 nitrogen and oxygen atoms in total. The molecule has 0 radical (unpaired) electrons. The Labute approximate surface area is 705 Å². The number of imidazole rings is 2. The molecule has 11 aromatic rings. The molecule has 25 N–H and O–H groups in total. The van der Waals surface area contributed by atoms with Crippen LogP contribution in [-0.4, -0.2) is 174 Å². The summed E-state index contributed by atoms with van der Waals surface area (Å²) >= 11 is 0. The van der Waals surface area contributed by atoms with Gasteiger partial charge in [0.15, 0.2) is 11.9 Å². The van der Waals surface area contributed by atoms with E-state index in [4.69, 9.17) is 28.0 Å². The van der Waals surface area contributed by atoms with Crippen molar-refractivity contribution in [2.24, 2.45) is 17.2 Å². The number of H-pyrrole nitrogens is 4. The Morgan fingerprint density at radius 3 is 1.08 bits per heavy atom. The SMILES string of the molecule is CC(=O)N[C@@H](Cc1c[nH]cn1)C(=O)N[C@H](Cc1ccccc1)C(=O)N[C@@H](CCCNC(=N)N)C(=O)N[C@@H](Cc1c[nH]c2ccccc12)C(=O)Nc1ccc(C(=O)Nc2ccc(C(=O)Nc3ccc(C(=O)N[C@@H](Cc4c[nH]cn4)C(=O)N[C@H](Cc4ccccc4)C(=O)N[C@@H](CCCNC(=N)N)C(=O)N[C@@H](Cc4c[nH]c5ccccc45)C(N)=O)cc3)cc2)cc1. The van der Waals surface area contributed by atoms with Gasteiger partial charge in [0.25, 0.3) is 17.7 Å². The fourth-order valence-corrected chi connectivity index (χ4v) is 13.7. The van der Waals surface area contributed by atoms with Crippen LogP contribution in [0.15, 0.2) is 219 Å². The van der Waals surface area contributed by atoms with Crippen LogP contribution >= 0.6 is 0 Å². The topological polar surface area (TPSA) is 576 Å². The van der Waals surface area contributed by atoms with Crippen molar-refractivity contribution in [3.8, 4) is 0 Å². The normalized spacial score (nSPS) is 13.0. The highest BCUT2D eigenvalue weighted by Gasteiger charge is 2.36. The predicted octanol–water partition coefficient (Wildman–Crippen LogP) is 3.52. The number of hydrogen-bond donors (Lipinski definition) is 22. The van der Waals surface area contributed by atoms with E-state index < -0.39 is 119 Å². The van der Waals surface area contributed by atoms with Crippen LogP contribution in [0.5, 0.6) is 0 Å². The molecule has 11 rings (SSSR count). The Balaban J connectivity index is 0.712. The van der Waals surface area contributed by atoms with Gasteiger partial charge in [0.2, 0.25) is 53.2 Å². The highest BCUT2D eigenvalue weighted by molar-refractivity contribution is 6.08. The highest BCUT2D eigenvalue weighted by Crippen LogP contribution is 2.24. The number of carbonyl (C=O) groups excluding carboxylic acids is 12. The molecule has 7 aromatic carbocycles. The fourth-order valence-electron chi connectivity index (χ4n) is 13.7. The van der Waals surface area contributed by atoms with Crippen molar-refractivity contribution in [1.29, 1.82) is 10.8 Å². The second kappa shape index (κ2) is 43.1. The Morgan fingerprint density at radius 2 is 0.691 bits per heavy atom. The zero-order valence-corrected chi connectivity index (χ0v) is 66.9.